The molecule has 0 aromatic heterocycles. The van der Waals surface area contributed by atoms with Gasteiger partial charge in [0.25, 0.3) is 5.91 Å². The standard InChI is InChI=1S/C20H19FN2O4/c1-12(13-6-7-17(27-2)16(21)11-13)22-20(26)14-4-3-5-15(10-14)23-18(24)8-9-19(23)25/h3-7,10-12H,8-9H2,1-2H3,(H,22,26)/t12-/m1/s1. The molecule has 3 amide bonds. The Morgan fingerprint density at radius 1 is 1.15 bits per heavy atom. The molecule has 2 aromatic rings. The van der Waals surface area contributed by atoms with Crippen LogP contribution in [-0.2, 0) is 9.59 Å². The summed E-state index contributed by atoms with van der Waals surface area (Å²) < 4.78 is 18.8. The smallest absolute Gasteiger partial charge is 0.251 e. The van der Waals surface area contributed by atoms with E-state index in [1.807, 2.05) is 0 Å². The van der Waals surface area contributed by atoms with Crippen LogP contribution in [0, 0.1) is 5.82 Å². The van der Waals surface area contributed by atoms with Gasteiger partial charge in [0.2, 0.25) is 11.8 Å². The molecule has 27 heavy (non-hydrogen) atoms. The Balaban J connectivity index is 1.76. The molecule has 1 N–H and O–H groups in total. The average Bonchev–Trinajstić information content (AvgIpc) is 3.00. The molecule has 0 radical (unpaired) electrons. The first-order valence-corrected chi connectivity index (χ1v) is 8.51. The van der Waals surface area contributed by atoms with Gasteiger partial charge in [-0.05, 0) is 42.8 Å². The summed E-state index contributed by atoms with van der Waals surface area (Å²) in [7, 11) is 1.38. The maximum atomic E-state index is 13.9. The number of hydrogen-bond acceptors (Lipinski definition) is 4. The number of nitrogens with one attached hydrogen (secondary N) is 1. The Labute approximate surface area is 155 Å². The molecule has 1 saturated heterocycles. The minimum atomic E-state index is -0.510. The number of halogens is 1. The molecule has 0 aliphatic carbocycles. The van der Waals surface area contributed by atoms with Crippen molar-refractivity contribution in [2.24, 2.45) is 0 Å². The summed E-state index contributed by atoms with van der Waals surface area (Å²) in [5.74, 6) is -1.33. The van der Waals surface area contributed by atoms with Crippen molar-refractivity contribution in [1.29, 1.82) is 0 Å². The summed E-state index contributed by atoms with van der Waals surface area (Å²) in [4.78, 5) is 37.4. The van der Waals surface area contributed by atoms with E-state index in [1.165, 1.54) is 25.3 Å². The van der Waals surface area contributed by atoms with Crippen LogP contribution in [0.3, 0.4) is 0 Å². The number of ether oxygens (including phenoxy) is 1. The van der Waals surface area contributed by atoms with E-state index in [0.717, 1.165) is 4.90 Å². The van der Waals surface area contributed by atoms with Crippen molar-refractivity contribution in [3.63, 3.8) is 0 Å². The number of amides is 3. The summed E-state index contributed by atoms with van der Waals surface area (Å²) in [5.41, 5.74) is 1.27. The molecule has 0 spiro atoms. The topological polar surface area (TPSA) is 75.7 Å². The van der Waals surface area contributed by atoms with Gasteiger partial charge < -0.3 is 10.1 Å². The van der Waals surface area contributed by atoms with Gasteiger partial charge in [0, 0.05) is 18.4 Å². The monoisotopic (exact) mass is 370 g/mol. The van der Waals surface area contributed by atoms with Crippen LogP contribution in [0.2, 0.25) is 0 Å². The van der Waals surface area contributed by atoms with E-state index >= 15 is 0 Å². The van der Waals surface area contributed by atoms with Crippen LogP contribution < -0.4 is 15.0 Å². The molecule has 1 aliphatic heterocycles. The second-order valence-electron chi connectivity index (χ2n) is 6.26. The lowest BCUT2D eigenvalue weighted by molar-refractivity contribution is -0.121. The molecular formula is C20H19FN2O4. The van der Waals surface area contributed by atoms with Crippen molar-refractivity contribution < 1.29 is 23.5 Å². The summed E-state index contributed by atoms with van der Waals surface area (Å²) in [5, 5.41) is 2.78. The lowest BCUT2D eigenvalue weighted by Crippen LogP contribution is -2.30. The highest BCUT2D eigenvalue weighted by Gasteiger charge is 2.30. The third kappa shape index (κ3) is 3.81. The van der Waals surface area contributed by atoms with Gasteiger partial charge in [-0.1, -0.05) is 12.1 Å². The van der Waals surface area contributed by atoms with Crippen LogP contribution >= 0.6 is 0 Å². The zero-order valence-corrected chi connectivity index (χ0v) is 15.0. The highest BCUT2D eigenvalue weighted by atomic mass is 19.1. The third-order valence-corrected chi connectivity index (χ3v) is 4.44. The van der Waals surface area contributed by atoms with Gasteiger partial charge >= 0.3 is 0 Å². The zero-order chi connectivity index (χ0) is 19.6. The van der Waals surface area contributed by atoms with Crippen molar-refractivity contribution >= 4 is 23.4 Å². The lowest BCUT2D eigenvalue weighted by atomic mass is 10.1. The normalized spacial score (nSPS) is 15.0. The van der Waals surface area contributed by atoms with Crippen molar-refractivity contribution in [3.05, 3.63) is 59.4 Å². The Hall–Kier alpha value is -3.22. The van der Waals surface area contributed by atoms with Crippen molar-refractivity contribution in [2.75, 3.05) is 12.0 Å². The largest absolute Gasteiger partial charge is 0.494 e. The van der Waals surface area contributed by atoms with Gasteiger partial charge in [-0.3, -0.25) is 19.3 Å². The van der Waals surface area contributed by atoms with Gasteiger partial charge in [-0.2, -0.15) is 0 Å². The summed E-state index contributed by atoms with van der Waals surface area (Å²) in [6.07, 6.45) is 0.352. The summed E-state index contributed by atoms with van der Waals surface area (Å²) in [6.45, 7) is 1.73. The van der Waals surface area contributed by atoms with E-state index < -0.39 is 11.9 Å². The van der Waals surface area contributed by atoms with Crippen LogP contribution in [-0.4, -0.2) is 24.8 Å². The number of rotatable bonds is 5. The van der Waals surface area contributed by atoms with E-state index in [9.17, 15) is 18.8 Å². The number of benzene rings is 2. The molecule has 0 saturated carbocycles. The lowest BCUT2D eigenvalue weighted by Gasteiger charge is -2.17. The number of carbonyl (C=O) groups is 3. The molecule has 140 valence electrons. The van der Waals surface area contributed by atoms with Gasteiger partial charge in [0.1, 0.15) is 0 Å². The summed E-state index contributed by atoms with van der Waals surface area (Å²) in [6, 6.07) is 10.3. The predicted octanol–water partition coefficient (Wildman–Crippen LogP) is 2.98. The van der Waals surface area contributed by atoms with Crippen LogP contribution in [0.4, 0.5) is 10.1 Å². The number of imide groups is 1. The first kappa shape index (κ1) is 18.6. The average molecular weight is 370 g/mol. The molecule has 3 rings (SSSR count). The third-order valence-electron chi connectivity index (χ3n) is 4.44. The van der Waals surface area contributed by atoms with Crippen molar-refractivity contribution in [3.8, 4) is 5.75 Å². The number of nitrogens with zero attached hydrogens (tertiary/aromatic N) is 1. The Bertz CT molecular complexity index is 897. The molecule has 1 atom stereocenters. The van der Waals surface area contributed by atoms with Gasteiger partial charge in [0.15, 0.2) is 11.6 Å². The minimum absolute atomic E-state index is 0.130. The number of hydrogen-bond donors (Lipinski definition) is 1. The highest BCUT2D eigenvalue weighted by Crippen LogP contribution is 2.25. The number of anilines is 1. The van der Waals surface area contributed by atoms with E-state index in [-0.39, 0.29) is 36.3 Å². The fourth-order valence-corrected chi connectivity index (χ4v) is 2.97. The second kappa shape index (κ2) is 7.57. The molecule has 6 nitrogen and oxygen atoms in total. The first-order chi connectivity index (χ1) is 12.9. The van der Waals surface area contributed by atoms with E-state index in [4.69, 9.17) is 4.74 Å². The van der Waals surface area contributed by atoms with E-state index in [0.29, 0.717) is 16.8 Å². The maximum Gasteiger partial charge on any atom is 0.251 e. The van der Waals surface area contributed by atoms with E-state index in [1.54, 1.807) is 31.2 Å². The molecule has 1 fully saturated rings. The number of carbonyl (C=O) groups excluding carboxylic acids is 3. The predicted molar refractivity (Wildman–Crippen MR) is 97.0 cm³/mol. The van der Waals surface area contributed by atoms with Crippen LogP contribution in [0.1, 0.15) is 41.7 Å². The van der Waals surface area contributed by atoms with Crippen LogP contribution in [0.25, 0.3) is 0 Å². The second-order valence-corrected chi connectivity index (χ2v) is 6.26. The van der Waals surface area contributed by atoms with Crippen molar-refractivity contribution in [1.82, 2.24) is 5.32 Å². The Kier molecular flexibility index (Phi) is 5.21. The summed E-state index contributed by atoms with van der Waals surface area (Å²) >= 11 is 0. The maximum absolute atomic E-state index is 13.9. The van der Waals surface area contributed by atoms with Gasteiger partial charge in [0.05, 0.1) is 18.8 Å². The molecule has 0 unspecified atom stereocenters. The Morgan fingerprint density at radius 2 is 1.85 bits per heavy atom. The zero-order valence-electron chi connectivity index (χ0n) is 15.0. The van der Waals surface area contributed by atoms with Crippen molar-refractivity contribution in [2.45, 2.75) is 25.8 Å². The molecule has 1 aliphatic rings. The quantitative estimate of drug-likeness (QED) is 0.821. The van der Waals surface area contributed by atoms with E-state index in [2.05, 4.69) is 5.32 Å². The molecule has 1 heterocycles. The molecule has 0 bridgehead atoms. The Morgan fingerprint density at radius 3 is 2.48 bits per heavy atom. The number of methoxy groups -OCH3 is 1. The molecular weight excluding hydrogens is 351 g/mol. The van der Waals surface area contributed by atoms with Crippen LogP contribution in [0.5, 0.6) is 5.75 Å². The molecule has 2 aromatic carbocycles. The minimum Gasteiger partial charge on any atom is -0.494 e. The fraction of sp³-hybridized carbons (Fsp3) is 0.250. The highest BCUT2D eigenvalue weighted by molar-refractivity contribution is 6.20. The molecule has 7 heteroatoms. The first-order valence-electron chi connectivity index (χ1n) is 8.51. The SMILES string of the molecule is COc1ccc([C@@H](C)NC(=O)c2cccc(N3C(=O)CCC3=O)c2)cc1F. The van der Waals surface area contributed by atoms with Crippen LogP contribution in [0.15, 0.2) is 42.5 Å². The van der Waals surface area contributed by atoms with Gasteiger partial charge in [-0.15, -0.1) is 0 Å². The van der Waals surface area contributed by atoms with Gasteiger partial charge in [-0.25, -0.2) is 4.39 Å². The fourth-order valence-electron chi connectivity index (χ4n) is 2.97.